The van der Waals surface area contributed by atoms with Crippen LogP contribution in [0.1, 0.15) is 33.8 Å². The number of hydrogen-bond acceptors (Lipinski definition) is 3. The second-order valence-corrected chi connectivity index (χ2v) is 6.27. The van der Waals surface area contributed by atoms with Crippen molar-refractivity contribution in [2.75, 3.05) is 11.9 Å². The highest BCUT2D eigenvalue weighted by Crippen LogP contribution is 2.30. The van der Waals surface area contributed by atoms with Crippen LogP contribution < -0.4 is 15.4 Å². The molecule has 1 unspecified atom stereocenters. The zero-order chi connectivity index (χ0) is 19.6. The summed E-state index contributed by atoms with van der Waals surface area (Å²) < 4.78 is 41.0. The van der Waals surface area contributed by atoms with Gasteiger partial charge in [0.15, 0.2) is 0 Å². The van der Waals surface area contributed by atoms with Crippen molar-refractivity contribution in [3.8, 4) is 5.75 Å². The molecule has 1 aliphatic rings. The van der Waals surface area contributed by atoms with Crippen LogP contribution in [0.2, 0.25) is 0 Å². The van der Waals surface area contributed by atoms with Gasteiger partial charge in [0.05, 0.1) is 0 Å². The van der Waals surface area contributed by atoms with Crippen LogP contribution in [0.25, 0.3) is 0 Å². The summed E-state index contributed by atoms with van der Waals surface area (Å²) in [6.45, 7) is 1.93. The largest absolute Gasteiger partial charge is 0.573 e. The SMILES string of the molecule is Cc1cc(C(=O)Nc2ccccc2C2CNC(=O)C2)ccc1OC(F)(F)F. The summed E-state index contributed by atoms with van der Waals surface area (Å²) in [4.78, 5) is 24.0. The molecule has 1 fully saturated rings. The minimum absolute atomic E-state index is 0.0432. The van der Waals surface area contributed by atoms with Crippen LogP contribution in [0.5, 0.6) is 5.75 Å². The topological polar surface area (TPSA) is 67.4 Å². The van der Waals surface area contributed by atoms with E-state index in [0.29, 0.717) is 18.7 Å². The van der Waals surface area contributed by atoms with E-state index in [9.17, 15) is 22.8 Å². The van der Waals surface area contributed by atoms with E-state index in [4.69, 9.17) is 0 Å². The number of carbonyl (C=O) groups is 2. The monoisotopic (exact) mass is 378 g/mol. The van der Waals surface area contributed by atoms with Crippen molar-refractivity contribution in [1.29, 1.82) is 0 Å². The molecule has 2 N–H and O–H groups in total. The Morgan fingerprint density at radius 1 is 1.22 bits per heavy atom. The Kier molecular flexibility index (Phi) is 5.07. The number of aryl methyl sites for hydroxylation is 1. The van der Waals surface area contributed by atoms with E-state index in [1.54, 1.807) is 12.1 Å². The zero-order valence-electron chi connectivity index (χ0n) is 14.4. The van der Waals surface area contributed by atoms with Gasteiger partial charge in [-0.05, 0) is 42.3 Å². The fraction of sp³-hybridized carbons (Fsp3) is 0.263. The summed E-state index contributed by atoms with van der Waals surface area (Å²) in [6.07, 6.45) is -4.45. The Hall–Kier alpha value is -3.03. The van der Waals surface area contributed by atoms with E-state index < -0.39 is 12.3 Å². The zero-order valence-corrected chi connectivity index (χ0v) is 14.4. The van der Waals surface area contributed by atoms with Gasteiger partial charge in [0.25, 0.3) is 5.91 Å². The van der Waals surface area contributed by atoms with Crippen LogP contribution in [0.15, 0.2) is 42.5 Å². The van der Waals surface area contributed by atoms with Gasteiger partial charge in [0.2, 0.25) is 5.91 Å². The molecule has 2 amide bonds. The molecule has 8 heteroatoms. The Morgan fingerprint density at radius 3 is 2.59 bits per heavy atom. The number of hydrogen-bond donors (Lipinski definition) is 2. The Labute approximate surface area is 153 Å². The molecule has 1 atom stereocenters. The van der Waals surface area contributed by atoms with Gasteiger partial charge in [-0.1, -0.05) is 18.2 Å². The van der Waals surface area contributed by atoms with Crippen molar-refractivity contribution in [3.05, 3.63) is 59.2 Å². The molecule has 0 bridgehead atoms. The molecule has 0 spiro atoms. The van der Waals surface area contributed by atoms with Crippen LogP contribution in [-0.2, 0) is 4.79 Å². The summed E-state index contributed by atoms with van der Waals surface area (Å²) in [5.41, 5.74) is 1.80. The van der Waals surface area contributed by atoms with Crippen molar-refractivity contribution in [1.82, 2.24) is 5.32 Å². The third kappa shape index (κ3) is 4.58. The normalized spacial score (nSPS) is 16.7. The van der Waals surface area contributed by atoms with Gasteiger partial charge in [0.1, 0.15) is 5.75 Å². The summed E-state index contributed by atoms with van der Waals surface area (Å²) in [5, 5.41) is 5.53. The van der Waals surface area contributed by atoms with E-state index in [1.807, 2.05) is 12.1 Å². The van der Waals surface area contributed by atoms with E-state index in [2.05, 4.69) is 15.4 Å². The Balaban J connectivity index is 1.78. The van der Waals surface area contributed by atoms with Crippen molar-refractivity contribution in [2.45, 2.75) is 25.6 Å². The highest BCUT2D eigenvalue weighted by atomic mass is 19.4. The Bertz CT molecular complexity index is 881. The molecular weight excluding hydrogens is 361 g/mol. The third-order valence-corrected chi connectivity index (χ3v) is 4.29. The average molecular weight is 378 g/mol. The number of nitrogens with one attached hydrogen (secondary N) is 2. The lowest BCUT2D eigenvalue weighted by atomic mass is 9.96. The second kappa shape index (κ2) is 7.30. The minimum Gasteiger partial charge on any atom is -0.406 e. The lowest BCUT2D eigenvalue weighted by Crippen LogP contribution is -2.18. The van der Waals surface area contributed by atoms with Crippen molar-refractivity contribution in [3.63, 3.8) is 0 Å². The smallest absolute Gasteiger partial charge is 0.406 e. The highest BCUT2D eigenvalue weighted by molar-refractivity contribution is 6.05. The molecular formula is C19H17F3N2O3. The molecule has 1 aliphatic heterocycles. The van der Waals surface area contributed by atoms with E-state index >= 15 is 0 Å². The molecule has 2 aromatic carbocycles. The summed E-state index contributed by atoms with van der Waals surface area (Å²) in [6, 6.07) is 10.9. The molecule has 2 aromatic rings. The summed E-state index contributed by atoms with van der Waals surface area (Å²) in [7, 11) is 0. The number of alkyl halides is 3. The number of halogens is 3. The van der Waals surface area contributed by atoms with Gasteiger partial charge in [-0.3, -0.25) is 9.59 Å². The van der Waals surface area contributed by atoms with Crippen molar-refractivity contribution in [2.24, 2.45) is 0 Å². The quantitative estimate of drug-likeness (QED) is 0.852. The fourth-order valence-corrected chi connectivity index (χ4v) is 3.02. The maximum absolute atomic E-state index is 12.5. The van der Waals surface area contributed by atoms with Gasteiger partial charge in [-0.25, -0.2) is 0 Å². The van der Waals surface area contributed by atoms with Crippen molar-refractivity contribution < 1.29 is 27.5 Å². The number of para-hydroxylation sites is 1. The molecule has 1 saturated heterocycles. The van der Waals surface area contributed by atoms with Gasteiger partial charge in [-0.15, -0.1) is 13.2 Å². The maximum Gasteiger partial charge on any atom is 0.573 e. The van der Waals surface area contributed by atoms with Crippen LogP contribution in [0.3, 0.4) is 0 Å². The first-order valence-corrected chi connectivity index (χ1v) is 8.26. The van der Waals surface area contributed by atoms with Gasteiger partial charge in [0, 0.05) is 30.1 Å². The van der Waals surface area contributed by atoms with Gasteiger partial charge < -0.3 is 15.4 Å². The molecule has 0 saturated carbocycles. The number of carbonyl (C=O) groups excluding carboxylic acids is 2. The van der Waals surface area contributed by atoms with E-state index in [1.165, 1.54) is 19.1 Å². The van der Waals surface area contributed by atoms with Gasteiger partial charge in [-0.2, -0.15) is 0 Å². The second-order valence-electron chi connectivity index (χ2n) is 6.27. The Morgan fingerprint density at radius 2 is 1.96 bits per heavy atom. The molecule has 3 rings (SSSR count). The molecule has 27 heavy (non-hydrogen) atoms. The highest BCUT2D eigenvalue weighted by Gasteiger charge is 2.32. The molecule has 1 heterocycles. The number of anilines is 1. The van der Waals surface area contributed by atoms with Crippen LogP contribution in [-0.4, -0.2) is 24.7 Å². The van der Waals surface area contributed by atoms with Crippen LogP contribution >= 0.6 is 0 Å². The van der Waals surface area contributed by atoms with Crippen LogP contribution in [0, 0.1) is 6.92 Å². The predicted molar refractivity (Wildman–Crippen MR) is 92.6 cm³/mol. The first kappa shape index (κ1) is 18.8. The van der Waals surface area contributed by atoms with E-state index in [0.717, 1.165) is 11.6 Å². The number of amides is 2. The maximum atomic E-state index is 12.5. The third-order valence-electron chi connectivity index (χ3n) is 4.29. The molecule has 142 valence electrons. The summed E-state index contributed by atoms with van der Waals surface area (Å²) >= 11 is 0. The molecule has 5 nitrogen and oxygen atoms in total. The number of ether oxygens (including phenoxy) is 1. The number of benzene rings is 2. The summed E-state index contributed by atoms with van der Waals surface area (Å²) in [5.74, 6) is -0.897. The minimum atomic E-state index is -4.79. The van der Waals surface area contributed by atoms with Crippen LogP contribution in [0.4, 0.5) is 18.9 Å². The molecule has 0 radical (unpaired) electrons. The standard InChI is InChI=1S/C19H17F3N2O3/c1-11-8-12(6-7-16(11)27-19(20,21)22)18(26)24-15-5-3-2-4-14(15)13-9-17(25)23-10-13/h2-8,13H,9-10H2,1H3,(H,23,25)(H,24,26). The predicted octanol–water partition coefficient (Wildman–Crippen LogP) is 3.75. The first-order chi connectivity index (χ1) is 12.7. The molecule has 0 aromatic heterocycles. The first-order valence-electron chi connectivity index (χ1n) is 8.26. The average Bonchev–Trinajstić information content (AvgIpc) is 3.02. The lowest BCUT2D eigenvalue weighted by Gasteiger charge is -2.16. The number of rotatable bonds is 4. The molecule has 0 aliphatic carbocycles. The fourth-order valence-electron chi connectivity index (χ4n) is 3.02. The van der Waals surface area contributed by atoms with Gasteiger partial charge >= 0.3 is 6.36 Å². The van der Waals surface area contributed by atoms with Crippen molar-refractivity contribution >= 4 is 17.5 Å². The van der Waals surface area contributed by atoms with E-state index in [-0.39, 0.29) is 28.7 Å². The lowest BCUT2D eigenvalue weighted by molar-refractivity contribution is -0.274.